The number of aliphatic hydroxyl groups is 1. The highest BCUT2D eigenvalue weighted by Gasteiger charge is 2.37. The molecule has 1 saturated carbocycles. The number of β-amino-alcohol motifs (C(OH)–C–C–N with tert-alkyl or cyclic N) is 1. The van der Waals surface area contributed by atoms with E-state index in [4.69, 9.17) is 0 Å². The van der Waals surface area contributed by atoms with E-state index in [0.29, 0.717) is 38.6 Å². The van der Waals surface area contributed by atoms with Crippen molar-refractivity contribution in [2.45, 2.75) is 25.1 Å². The van der Waals surface area contributed by atoms with Crippen molar-refractivity contribution in [3.63, 3.8) is 0 Å². The Kier molecular flexibility index (Phi) is 4.83. The average Bonchev–Trinajstić information content (AvgIpc) is 3.39. The summed E-state index contributed by atoms with van der Waals surface area (Å²) in [5.74, 6) is -0.186. The summed E-state index contributed by atoms with van der Waals surface area (Å²) in [5, 5.41) is 9.97. The summed E-state index contributed by atoms with van der Waals surface area (Å²) < 4.78 is 39.2. The molecule has 1 saturated heterocycles. The number of hydrogen-bond donors (Lipinski definition) is 1. The molecule has 2 fully saturated rings. The normalized spacial score (nSPS) is 20.9. The van der Waals surface area contributed by atoms with Crippen LogP contribution in [0.4, 0.5) is 13.2 Å². The number of alkyl halides is 3. The molecule has 1 N–H and O–H groups in total. The second-order valence-electron chi connectivity index (χ2n) is 6.54. The summed E-state index contributed by atoms with van der Waals surface area (Å²) in [6.45, 7) is 2.48. The molecule has 132 valence electrons. The van der Waals surface area contributed by atoms with E-state index < -0.39 is 17.6 Å². The van der Waals surface area contributed by atoms with Crippen LogP contribution in [-0.2, 0) is 6.18 Å². The van der Waals surface area contributed by atoms with Crippen LogP contribution in [0.15, 0.2) is 24.3 Å². The lowest BCUT2D eigenvalue weighted by molar-refractivity contribution is -0.138. The van der Waals surface area contributed by atoms with Gasteiger partial charge in [-0.3, -0.25) is 9.69 Å². The van der Waals surface area contributed by atoms with Gasteiger partial charge in [0, 0.05) is 32.7 Å². The quantitative estimate of drug-likeness (QED) is 0.913. The zero-order valence-corrected chi connectivity index (χ0v) is 13.3. The number of carbonyl (C=O) groups is 1. The van der Waals surface area contributed by atoms with Gasteiger partial charge in [-0.15, -0.1) is 0 Å². The van der Waals surface area contributed by atoms with Gasteiger partial charge in [-0.2, -0.15) is 13.2 Å². The molecule has 1 amide bonds. The van der Waals surface area contributed by atoms with E-state index in [1.54, 1.807) is 0 Å². The van der Waals surface area contributed by atoms with Gasteiger partial charge in [0.2, 0.25) is 0 Å². The Labute approximate surface area is 138 Å². The smallest absolute Gasteiger partial charge is 0.392 e. The monoisotopic (exact) mass is 342 g/mol. The predicted octanol–water partition coefficient (Wildman–Crippen LogP) is 2.23. The van der Waals surface area contributed by atoms with Crippen LogP contribution in [0.25, 0.3) is 0 Å². The first-order valence-electron chi connectivity index (χ1n) is 8.22. The highest BCUT2D eigenvalue weighted by atomic mass is 19.4. The number of piperazine rings is 1. The van der Waals surface area contributed by atoms with Crippen LogP contribution in [-0.4, -0.2) is 59.6 Å². The number of halogens is 3. The third kappa shape index (κ3) is 3.89. The fraction of sp³-hybridized carbons (Fsp3) is 0.588. The topological polar surface area (TPSA) is 43.8 Å². The molecule has 24 heavy (non-hydrogen) atoms. The molecule has 0 unspecified atom stereocenters. The molecule has 1 aromatic rings. The molecule has 0 aromatic heterocycles. The van der Waals surface area contributed by atoms with E-state index in [0.717, 1.165) is 18.9 Å². The molecule has 1 aliphatic heterocycles. The van der Waals surface area contributed by atoms with Crippen molar-refractivity contribution in [2.24, 2.45) is 5.92 Å². The van der Waals surface area contributed by atoms with E-state index in [-0.39, 0.29) is 11.7 Å². The summed E-state index contributed by atoms with van der Waals surface area (Å²) in [6, 6.07) is 4.91. The summed E-state index contributed by atoms with van der Waals surface area (Å²) in [4.78, 5) is 16.0. The minimum Gasteiger partial charge on any atom is -0.392 e. The second-order valence-corrected chi connectivity index (χ2v) is 6.54. The lowest BCUT2D eigenvalue weighted by atomic mass is 10.1. The van der Waals surface area contributed by atoms with Crippen molar-refractivity contribution in [1.82, 2.24) is 9.80 Å². The first kappa shape index (κ1) is 17.2. The number of carbonyl (C=O) groups excluding carboxylic acids is 1. The number of aliphatic hydroxyl groups excluding tert-OH is 1. The molecule has 4 nitrogen and oxygen atoms in total. The average molecular weight is 342 g/mol. The Morgan fingerprint density at radius 2 is 1.79 bits per heavy atom. The van der Waals surface area contributed by atoms with Crippen LogP contribution in [0.3, 0.4) is 0 Å². The molecule has 1 atom stereocenters. The highest BCUT2D eigenvalue weighted by Crippen LogP contribution is 2.33. The van der Waals surface area contributed by atoms with E-state index in [2.05, 4.69) is 4.90 Å². The lowest BCUT2D eigenvalue weighted by Crippen LogP contribution is -2.50. The van der Waals surface area contributed by atoms with Gasteiger partial charge in [0.1, 0.15) is 0 Å². The number of rotatable bonds is 4. The van der Waals surface area contributed by atoms with E-state index >= 15 is 0 Å². The SMILES string of the molecule is O=C(c1ccccc1C(F)(F)F)N1CCN(C[C@@H](O)C2CC2)CC1. The summed E-state index contributed by atoms with van der Waals surface area (Å²) in [5.41, 5.74) is -1.18. The summed E-state index contributed by atoms with van der Waals surface area (Å²) >= 11 is 0. The van der Waals surface area contributed by atoms with Crippen LogP contribution in [0, 0.1) is 5.92 Å². The summed E-state index contributed by atoms with van der Waals surface area (Å²) in [7, 11) is 0. The molecule has 3 rings (SSSR count). The molecule has 1 heterocycles. The van der Waals surface area contributed by atoms with Crippen LogP contribution in [0.2, 0.25) is 0 Å². The van der Waals surface area contributed by atoms with Gasteiger partial charge in [0.25, 0.3) is 5.91 Å². The Morgan fingerprint density at radius 1 is 1.17 bits per heavy atom. The molecular formula is C17H21F3N2O2. The van der Waals surface area contributed by atoms with E-state index in [1.807, 2.05) is 0 Å². The summed E-state index contributed by atoms with van der Waals surface area (Å²) in [6.07, 6.45) is -2.75. The van der Waals surface area contributed by atoms with Crippen molar-refractivity contribution in [3.8, 4) is 0 Å². The molecule has 7 heteroatoms. The second kappa shape index (κ2) is 6.72. The van der Waals surface area contributed by atoms with Crippen LogP contribution in [0.5, 0.6) is 0 Å². The number of amides is 1. The highest BCUT2D eigenvalue weighted by molar-refractivity contribution is 5.96. The van der Waals surface area contributed by atoms with Gasteiger partial charge in [-0.1, -0.05) is 12.1 Å². The Balaban J connectivity index is 1.61. The lowest BCUT2D eigenvalue weighted by Gasteiger charge is -2.36. The van der Waals surface area contributed by atoms with Gasteiger partial charge < -0.3 is 10.0 Å². The molecular weight excluding hydrogens is 321 g/mol. The number of hydrogen-bond acceptors (Lipinski definition) is 3. The van der Waals surface area contributed by atoms with Gasteiger partial charge in [0.05, 0.1) is 17.2 Å². The first-order valence-corrected chi connectivity index (χ1v) is 8.22. The molecule has 0 bridgehead atoms. The van der Waals surface area contributed by atoms with Crippen LogP contribution >= 0.6 is 0 Å². The molecule has 2 aliphatic rings. The Hall–Kier alpha value is -1.60. The van der Waals surface area contributed by atoms with Gasteiger partial charge in [0.15, 0.2) is 0 Å². The standard InChI is InChI=1S/C17H21F3N2O2/c18-17(19,20)14-4-2-1-3-13(14)16(24)22-9-7-21(8-10-22)11-15(23)12-5-6-12/h1-4,12,15,23H,5-11H2/t15-/m1/s1. The third-order valence-electron chi connectivity index (χ3n) is 4.73. The zero-order valence-electron chi connectivity index (χ0n) is 13.3. The maximum absolute atomic E-state index is 13.1. The molecule has 0 spiro atoms. The molecule has 0 radical (unpaired) electrons. The minimum absolute atomic E-state index is 0.295. The number of nitrogens with zero attached hydrogens (tertiary/aromatic N) is 2. The van der Waals surface area contributed by atoms with Gasteiger partial charge >= 0.3 is 6.18 Å². The fourth-order valence-corrected chi connectivity index (χ4v) is 3.12. The first-order chi connectivity index (χ1) is 11.4. The maximum Gasteiger partial charge on any atom is 0.417 e. The fourth-order valence-electron chi connectivity index (χ4n) is 3.12. The number of benzene rings is 1. The Bertz CT molecular complexity index is 594. The van der Waals surface area contributed by atoms with Crippen LogP contribution in [0.1, 0.15) is 28.8 Å². The Morgan fingerprint density at radius 3 is 2.38 bits per heavy atom. The van der Waals surface area contributed by atoms with Crippen molar-refractivity contribution in [1.29, 1.82) is 0 Å². The van der Waals surface area contributed by atoms with Crippen LogP contribution < -0.4 is 0 Å². The molecule has 1 aliphatic carbocycles. The van der Waals surface area contributed by atoms with Crippen molar-refractivity contribution in [2.75, 3.05) is 32.7 Å². The van der Waals surface area contributed by atoms with Gasteiger partial charge in [-0.05, 0) is 30.9 Å². The zero-order chi connectivity index (χ0) is 17.3. The maximum atomic E-state index is 13.1. The largest absolute Gasteiger partial charge is 0.417 e. The van der Waals surface area contributed by atoms with Crippen molar-refractivity contribution in [3.05, 3.63) is 35.4 Å². The molecule has 1 aromatic carbocycles. The van der Waals surface area contributed by atoms with E-state index in [1.165, 1.54) is 23.1 Å². The predicted molar refractivity (Wildman–Crippen MR) is 82.5 cm³/mol. The van der Waals surface area contributed by atoms with E-state index in [9.17, 15) is 23.1 Å². The van der Waals surface area contributed by atoms with Crippen molar-refractivity contribution >= 4 is 5.91 Å². The third-order valence-corrected chi connectivity index (χ3v) is 4.73. The minimum atomic E-state index is -4.54. The van der Waals surface area contributed by atoms with Crippen molar-refractivity contribution < 1.29 is 23.1 Å². The van der Waals surface area contributed by atoms with Gasteiger partial charge in [-0.25, -0.2) is 0 Å².